The van der Waals surface area contributed by atoms with Crippen LogP contribution < -0.4 is 0 Å². The minimum absolute atomic E-state index is 0. The van der Waals surface area contributed by atoms with Gasteiger partial charge in [-0.2, -0.15) is 0 Å². The third kappa shape index (κ3) is 43.6. The number of Topliss-reactive ketones (excluding diaryl/α,β-unsaturated/α-hetero) is 1. The van der Waals surface area contributed by atoms with Crippen molar-refractivity contribution in [1.29, 1.82) is 0 Å². The number of epoxide rings is 1. The average molecular weight is 635 g/mol. The van der Waals surface area contributed by atoms with Crippen LogP contribution in [0.2, 0.25) is 0 Å². The van der Waals surface area contributed by atoms with E-state index < -0.39 is 0 Å². The summed E-state index contributed by atoms with van der Waals surface area (Å²) in [5.41, 5.74) is 0. The molecule has 1 atom stereocenters. The highest BCUT2D eigenvalue weighted by Crippen LogP contribution is 2.37. The maximum atomic E-state index is 9.44. The van der Waals surface area contributed by atoms with Gasteiger partial charge in [-0.15, -0.1) is 0 Å². The Kier molecular flexibility index (Phi) is 48.8. The van der Waals surface area contributed by atoms with Crippen LogP contribution in [-0.2, 0) is 23.7 Å². The maximum Gasteiger partial charge on any atom is 0.126 e. The van der Waals surface area contributed by atoms with Gasteiger partial charge in [0.2, 0.25) is 0 Å². The Morgan fingerprint density at radius 1 is 0.568 bits per heavy atom. The zero-order chi connectivity index (χ0) is 32.6. The van der Waals surface area contributed by atoms with Crippen molar-refractivity contribution in [3.8, 4) is 0 Å². The van der Waals surface area contributed by atoms with Gasteiger partial charge in [0.25, 0.3) is 0 Å². The Bertz CT molecular complexity index is 453. The number of methoxy groups -OCH3 is 1. The SMILES string of the molecule is C.C.C1CC1COC1CCC(CC2CCC(OCC3CO3)CC2)CC1.CC(C)=O.CCC.CCC.CCC.CCC.COC. The Hall–Kier alpha value is -0.490. The van der Waals surface area contributed by atoms with Crippen molar-refractivity contribution < 1.29 is 23.7 Å². The zero-order valence-electron chi connectivity index (χ0n) is 30.7. The fourth-order valence-electron chi connectivity index (χ4n) is 4.50. The molecule has 1 heterocycles. The maximum absolute atomic E-state index is 9.44. The minimum Gasteiger partial charge on any atom is -0.388 e. The highest BCUT2D eigenvalue weighted by Gasteiger charge is 2.30. The topological polar surface area (TPSA) is 57.3 Å². The molecular weight excluding hydrogens is 548 g/mol. The Morgan fingerprint density at radius 3 is 1.07 bits per heavy atom. The summed E-state index contributed by atoms with van der Waals surface area (Å²) >= 11 is 0. The molecule has 0 aromatic heterocycles. The second-order valence-electron chi connectivity index (χ2n) is 12.7. The van der Waals surface area contributed by atoms with Crippen LogP contribution in [-0.4, -0.2) is 58.1 Å². The molecule has 0 aromatic rings. The van der Waals surface area contributed by atoms with Crippen LogP contribution in [0.5, 0.6) is 0 Å². The smallest absolute Gasteiger partial charge is 0.126 e. The quantitative estimate of drug-likeness (QED) is 0.249. The standard InChI is InChI=1S/C20H34O3.C3H6O.4C3H8.C2H6O.2CH4/c1-2-17(1)12-21-18-7-3-15(4-8-18)11-16-5-9-19(10-6-16)22-13-20-14-23-20;1-3(2)4;5*1-3-2;;/h15-20H,1-14H2;1-2H3;4*3H2,1-2H3;1-2H3;2*1H4. The molecule has 1 aliphatic heterocycles. The van der Waals surface area contributed by atoms with Crippen molar-refractivity contribution in [2.75, 3.05) is 34.0 Å². The Balaban J connectivity index is -0.000000202. The number of carbonyl (C=O) groups is 1. The number of rotatable bonds is 8. The van der Waals surface area contributed by atoms with Crippen LogP contribution >= 0.6 is 0 Å². The fourth-order valence-corrected chi connectivity index (χ4v) is 4.50. The summed E-state index contributed by atoms with van der Waals surface area (Å²) in [7, 11) is 3.25. The second-order valence-corrected chi connectivity index (χ2v) is 12.7. The van der Waals surface area contributed by atoms with E-state index in [2.05, 4.69) is 60.1 Å². The zero-order valence-corrected chi connectivity index (χ0v) is 30.7. The van der Waals surface area contributed by atoms with Gasteiger partial charge in [-0.3, -0.25) is 0 Å². The Morgan fingerprint density at radius 2 is 0.818 bits per heavy atom. The molecule has 0 spiro atoms. The second kappa shape index (κ2) is 40.5. The van der Waals surface area contributed by atoms with Crippen molar-refractivity contribution in [2.24, 2.45) is 17.8 Å². The first-order chi connectivity index (χ1) is 20.2. The molecule has 4 aliphatic rings. The molecule has 0 N–H and O–H groups in total. The van der Waals surface area contributed by atoms with Gasteiger partial charge < -0.3 is 23.7 Å². The molecule has 4 fully saturated rings. The molecule has 3 aliphatic carbocycles. The highest BCUT2D eigenvalue weighted by molar-refractivity contribution is 5.72. The summed E-state index contributed by atoms with van der Waals surface area (Å²) in [6, 6.07) is 0. The van der Waals surface area contributed by atoms with Gasteiger partial charge in [0, 0.05) is 20.8 Å². The van der Waals surface area contributed by atoms with Crippen LogP contribution in [0, 0.1) is 17.8 Å². The van der Waals surface area contributed by atoms with Gasteiger partial charge in [0.1, 0.15) is 11.9 Å². The average Bonchev–Trinajstić information content (AvgIpc) is 3.86. The summed E-state index contributed by atoms with van der Waals surface area (Å²) in [4.78, 5) is 9.44. The van der Waals surface area contributed by atoms with Gasteiger partial charge in [-0.1, -0.05) is 95.9 Å². The molecule has 4 rings (SSSR count). The van der Waals surface area contributed by atoms with E-state index >= 15 is 0 Å². The van der Waals surface area contributed by atoms with Crippen LogP contribution in [0.4, 0.5) is 0 Å². The van der Waals surface area contributed by atoms with Crippen molar-refractivity contribution in [2.45, 2.75) is 199 Å². The molecule has 3 saturated carbocycles. The third-order valence-electron chi connectivity index (χ3n) is 6.44. The van der Waals surface area contributed by atoms with Gasteiger partial charge in [-0.05, 0) is 102 Å². The van der Waals surface area contributed by atoms with Gasteiger partial charge in [-0.25, -0.2) is 0 Å². The highest BCUT2D eigenvalue weighted by atomic mass is 16.6. The van der Waals surface area contributed by atoms with Crippen molar-refractivity contribution in [3.63, 3.8) is 0 Å². The molecule has 0 bridgehead atoms. The van der Waals surface area contributed by atoms with Crippen LogP contribution in [0.3, 0.4) is 0 Å². The third-order valence-corrected chi connectivity index (χ3v) is 6.44. The summed E-state index contributed by atoms with van der Waals surface area (Å²) < 4.78 is 21.5. The van der Waals surface area contributed by atoms with E-state index in [4.69, 9.17) is 14.2 Å². The van der Waals surface area contributed by atoms with E-state index in [1.54, 1.807) is 14.2 Å². The molecule has 0 aromatic carbocycles. The molecule has 5 nitrogen and oxygen atoms in total. The normalized spacial score (nSPS) is 24.0. The number of hydrogen-bond acceptors (Lipinski definition) is 5. The summed E-state index contributed by atoms with van der Waals surface area (Å²) in [5, 5.41) is 0. The van der Waals surface area contributed by atoms with E-state index in [-0.39, 0.29) is 20.6 Å². The van der Waals surface area contributed by atoms with Crippen LogP contribution in [0.15, 0.2) is 0 Å². The van der Waals surface area contributed by atoms with Crippen molar-refractivity contribution >= 4 is 5.78 Å². The molecule has 1 unspecified atom stereocenters. The largest absolute Gasteiger partial charge is 0.388 e. The lowest BCUT2D eigenvalue weighted by Gasteiger charge is -2.34. The van der Waals surface area contributed by atoms with Gasteiger partial charge >= 0.3 is 0 Å². The van der Waals surface area contributed by atoms with E-state index in [0.717, 1.165) is 37.6 Å². The van der Waals surface area contributed by atoms with Crippen LogP contribution in [0.25, 0.3) is 0 Å². The molecule has 5 heteroatoms. The molecule has 0 amide bonds. The van der Waals surface area contributed by atoms with Crippen molar-refractivity contribution in [3.05, 3.63) is 0 Å². The first-order valence-corrected chi connectivity index (χ1v) is 17.9. The van der Waals surface area contributed by atoms with Crippen molar-refractivity contribution in [1.82, 2.24) is 0 Å². The van der Waals surface area contributed by atoms with Crippen LogP contribution in [0.1, 0.15) is 180 Å². The number of hydrogen-bond donors (Lipinski definition) is 0. The molecule has 1 saturated heterocycles. The predicted octanol–water partition coefficient (Wildman–Crippen LogP) is 12.1. The molecule has 0 radical (unpaired) electrons. The van der Waals surface area contributed by atoms with Gasteiger partial charge in [0.05, 0.1) is 25.4 Å². The first-order valence-electron chi connectivity index (χ1n) is 17.9. The van der Waals surface area contributed by atoms with E-state index in [0.29, 0.717) is 18.3 Å². The number of carbonyl (C=O) groups excluding carboxylic acids is 1. The monoisotopic (exact) mass is 635 g/mol. The number of ether oxygens (including phenoxy) is 4. The number of ketones is 1. The van der Waals surface area contributed by atoms with E-state index in [1.807, 2.05) is 0 Å². The first kappa shape index (κ1) is 53.0. The lowest BCUT2D eigenvalue weighted by atomic mass is 9.76. The summed E-state index contributed by atoms with van der Waals surface area (Å²) in [6.07, 6.45) is 21.6. The van der Waals surface area contributed by atoms with E-state index in [9.17, 15) is 4.79 Å². The van der Waals surface area contributed by atoms with E-state index in [1.165, 1.54) is 110 Å². The minimum atomic E-state index is 0. The fraction of sp³-hybridized carbons (Fsp3) is 0.974. The predicted molar refractivity (Wildman–Crippen MR) is 197 cm³/mol. The lowest BCUT2D eigenvalue weighted by molar-refractivity contribution is -0.115. The summed E-state index contributed by atoms with van der Waals surface area (Å²) in [5.74, 6) is 3.01. The molecule has 44 heavy (non-hydrogen) atoms. The Labute approximate surface area is 279 Å². The van der Waals surface area contributed by atoms with Gasteiger partial charge in [0.15, 0.2) is 0 Å². The molecule has 272 valence electrons. The molecular formula is C39H86O5. The lowest BCUT2D eigenvalue weighted by Crippen LogP contribution is -2.27. The summed E-state index contributed by atoms with van der Waals surface area (Å²) in [6.45, 7) is 22.9.